The first-order chi connectivity index (χ1) is 16.4. The van der Waals surface area contributed by atoms with Crippen LogP contribution in [0.4, 0.5) is 11.4 Å². The fraction of sp³-hybridized carbons (Fsp3) is 0.130. The summed E-state index contributed by atoms with van der Waals surface area (Å²) < 4.78 is 7.56. The highest BCUT2D eigenvalue weighted by atomic mass is 32.2. The Morgan fingerprint density at radius 2 is 1.85 bits per heavy atom. The summed E-state index contributed by atoms with van der Waals surface area (Å²) in [6.45, 7) is 1.42. The first-order valence-electron chi connectivity index (χ1n) is 10.2. The van der Waals surface area contributed by atoms with Gasteiger partial charge in [-0.3, -0.25) is 24.7 Å². The van der Waals surface area contributed by atoms with Crippen molar-refractivity contribution in [3.63, 3.8) is 0 Å². The number of fused-ring (bicyclic) bond motifs is 3. The SMILES string of the molecule is CSc1n[n+]2c(c(=O)[nH]1)-c1ccccc1N(C(C)=O)[C@H]2c1ccc(-c2ccccc2[N+](=O)[O-])o1. The third-order valence-electron chi connectivity index (χ3n) is 5.54. The number of benzene rings is 2. The fourth-order valence-electron chi connectivity index (χ4n) is 4.14. The molecule has 1 amide bonds. The second-order valence-corrected chi connectivity index (χ2v) is 8.31. The molecule has 5 rings (SSSR count). The summed E-state index contributed by atoms with van der Waals surface area (Å²) in [7, 11) is 0. The quantitative estimate of drug-likeness (QED) is 0.207. The first kappa shape index (κ1) is 21.6. The Balaban J connectivity index is 1.76. The molecule has 3 heterocycles. The van der Waals surface area contributed by atoms with Gasteiger partial charge < -0.3 is 4.42 Å². The Kier molecular flexibility index (Phi) is 5.25. The van der Waals surface area contributed by atoms with Crippen LogP contribution < -0.4 is 15.1 Å². The Bertz CT molecular complexity index is 1510. The monoisotopic (exact) mass is 476 g/mol. The van der Waals surface area contributed by atoms with E-state index in [1.54, 1.807) is 60.9 Å². The number of nitrogens with one attached hydrogen (secondary N) is 1. The summed E-state index contributed by atoms with van der Waals surface area (Å²) in [5.41, 5.74) is 1.21. The molecule has 2 aromatic carbocycles. The molecular formula is C23H18N5O5S+. The van der Waals surface area contributed by atoms with E-state index in [0.717, 1.165) is 0 Å². The number of aromatic nitrogens is 3. The minimum Gasteiger partial charge on any atom is -0.451 e. The maximum absolute atomic E-state index is 13.1. The highest BCUT2D eigenvalue weighted by molar-refractivity contribution is 7.98. The number of furan rings is 1. The van der Waals surface area contributed by atoms with Crippen LogP contribution in [0.1, 0.15) is 18.8 Å². The van der Waals surface area contributed by atoms with Crippen molar-refractivity contribution in [3.8, 4) is 22.6 Å². The van der Waals surface area contributed by atoms with Crippen molar-refractivity contribution in [1.29, 1.82) is 0 Å². The van der Waals surface area contributed by atoms with Crippen LogP contribution in [0.2, 0.25) is 0 Å². The van der Waals surface area contributed by atoms with Gasteiger partial charge in [-0.25, -0.2) is 4.90 Å². The highest BCUT2D eigenvalue weighted by Crippen LogP contribution is 2.39. The summed E-state index contributed by atoms with van der Waals surface area (Å²) in [4.78, 5) is 41.2. The molecule has 0 spiro atoms. The lowest BCUT2D eigenvalue weighted by molar-refractivity contribution is -0.764. The summed E-state index contributed by atoms with van der Waals surface area (Å²) in [6, 6.07) is 16.6. The third kappa shape index (κ3) is 3.37. The van der Waals surface area contributed by atoms with Gasteiger partial charge in [0, 0.05) is 18.1 Å². The van der Waals surface area contributed by atoms with E-state index in [4.69, 9.17) is 4.42 Å². The van der Waals surface area contributed by atoms with Crippen LogP contribution in [-0.4, -0.2) is 27.2 Å². The largest absolute Gasteiger partial charge is 0.451 e. The summed E-state index contributed by atoms with van der Waals surface area (Å²) in [5, 5.41) is 16.4. The summed E-state index contributed by atoms with van der Waals surface area (Å²) in [5.74, 6) is 0.281. The normalized spacial score (nSPS) is 14.4. The maximum Gasteiger partial charge on any atom is 0.325 e. The van der Waals surface area contributed by atoms with Crippen molar-refractivity contribution < 1.29 is 18.8 Å². The number of thioether (sulfide) groups is 1. The Hall–Kier alpha value is -4.25. The molecule has 1 aliphatic rings. The molecule has 11 heteroatoms. The molecule has 0 fully saturated rings. The molecule has 0 saturated carbocycles. The van der Waals surface area contributed by atoms with E-state index in [2.05, 4.69) is 10.1 Å². The molecule has 1 N–H and O–H groups in total. The van der Waals surface area contributed by atoms with Gasteiger partial charge in [0.2, 0.25) is 11.1 Å². The predicted octanol–water partition coefficient (Wildman–Crippen LogP) is 3.53. The van der Waals surface area contributed by atoms with E-state index in [9.17, 15) is 19.7 Å². The van der Waals surface area contributed by atoms with Crippen LogP contribution in [0, 0.1) is 10.1 Å². The van der Waals surface area contributed by atoms with Gasteiger partial charge in [0.1, 0.15) is 5.76 Å². The number of H-pyrrole nitrogens is 1. The van der Waals surface area contributed by atoms with Crippen molar-refractivity contribution in [2.45, 2.75) is 18.2 Å². The number of nitro groups is 1. The van der Waals surface area contributed by atoms with Crippen molar-refractivity contribution in [3.05, 3.63) is 86.9 Å². The zero-order valence-corrected chi connectivity index (χ0v) is 18.9. The highest BCUT2D eigenvalue weighted by Gasteiger charge is 2.46. The maximum atomic E-state index is 13.1. The van der Waals surface area contributed by atoms with E-state index in [1.165, 1.54) is 34.3 Å². The van der Waals surface area contributed by atoms with Gasteiger partial charge in [-0.05, 0) is 41.3 Å². The van der Waals surface area contributed by atoms with E-state index >= 15 is 0 Å². The van der Waals surface area contributed by atoms with Crippen molar-refractivity contribution in [1.82, 2.24) is 10.1 Å². The van der Waals surface area contributed by atoms with E-state index < -0.39 is 11.1 Å². The van der Waals surface area contributed by atoms with Gasteiger partial charge in [-0.2, -0.15) is 0 Å². The van der Waals surface area contributed by atoms with E-state index in [-0.39, 0.29) is 28.6 Å². The molecule has 4 aromatic rings. The average Bonchev–Trinajstić information content (AvgIpc) is 3.32. The first-order valence-corrected chi connectivity index (χ1v) is 11.5. The minimum absolute atomic E-state index is 0.104. The molecule has 1 aliphatic heterocycles. The number of hydrogen-bond acceptors (Lipinski definition) is 7. The van der Waals surface area contributed by atoms with Gasteiger partial charge in [0.05, 0.1) is 21.7 Å². The minimum atomic E-state index is -0.910. The van der Waals surface area contributed by atoms with Gasteiger partial charge in [0.15, 0.2) is 5.76 Å². The van der Waals surface area contributed by atoms with Crippen LogP contribution in [-0.2, 0) is 4.79 Å². The van der Waals surface area contributed by atoms with E-state index in [1.807, 2.05) is 0 Å². The summed E-state index contributed by atoms with van der Waals surface area (Å²) >= 11 is 1.25. The fourth-order valence-corrected chi connectivity index (χ4v) is 4.50. The molecule has 0 bridgehead atoms. The summed E-state index contributed by atoms with van der Waals surface area (Å²) in [6.07, 6.45) is 0.867. The van der Waals surface area contributed by atoms with Crippen molar-refractivity contribution >= 4 is 29.0 Å². The molecule has 0 aliphatic carbocycles. The van der Waals surface area contributed by atoms with Gasteiger partial charge in [-0.1, -0.05) is 36.0 Å². The number of amides is 1. The second kappa shape index (κ2) is 8.27. The van der Waals surface area contributed by atoms with Crippen LogP contribution in [0.15, 0.2) is 75.0 Å². The number of carbonyl (C=O) groups excluding carboxylic acids is 1. The smallest absolute Gasteiger partial charge is 0.325 e. The van der Waals surface area contributed by atoms with Gasteiger partial charge in [-0.15, -0.1) is 0 Å². The van der Waals surface area contributed by atoms with Crippen LogP contribution in [0.3, 0.4) is 0 Å². The lowest BCUT2D eigenvalue weighted by Gasteiger charge is -2.29. The molecule has 0 radical (unpaired) electrons. The molecular weight excluding hydrogens is 458 g/mol. The molecule has 10 nitrogen and oxygen atoms in total. The molecule has 34 heavy (non-hydrogen) atoms. The Labute approximate surface area is 197 Å². The number of aromatic amines is 1. The lowest BCUT2D eigenvalue weighted by Crippen LogP contribution is -2.60. The van der Waals surface area contributed by atoms with E-state index in [0.29, 0.717) is 27.7 Å². The number of carbonyl (C=O) groups is 1. The van der Waals surface area contributed by atoms with Crippen LogP contribution >= 0.6 is 11.8 Å². The molecule has 170 valence electrons. The van der Waals surface area contributed by atoms with Gasteiger partial charge >= 0.3 is 17.4 Å². The molecule has 0 unspecified atom stereocenters. The molecule has 0 saturated heterocycles. The average molecular weight is 476 g/mol. The standard InChI is InChI=1S/C23H17N5O5S/c1-13(29)26-16-9-5-4-8-15(16)20-21(30)24-23(34-2)25-27(20)22(26)19-12-11-18(33-19)14-7-3-6-10-17(14)28(31)32/h3-12,22H,1-2H3/p+1/t22-/m1/s1. The molecule has 2 aromatic heterocycles. The topological polar surface area (TPSA) is 126 Å². The second-order valence-electron chi connectivity index (χ2n) is 7.51. The lowest BCUT2D eigenvalue weighted by atomic mass is 10.0. The number of hydrogen-bond donors (Lipinski definition) is 1. The van der Waals surface area contributed by atoms with Crippen LogP contribution in [0.5, 0.6) is 0 Å². The Morgan fingerprint density at radius 1 is 1.15 bits per heavy atom. The predicted molar refractivity (Wildman–Crippen MR) is 124 cm³/mol. The number of rotatable bonds is 4. The number of anilines is 1. The molecule has 1 atom stereocenters. The zero-order chi connectivity index (χ0) is 24.0. The van der Waals surface area contributed by atoms with Crippen LogP contribution in [0.25, 0.3) is 22.6 Å². The third-order valence-corrected chi connectivity index (χ3v) is 6.11. The van der Waals surface area contributed by atoms with Crippen molar-refractivity contribution in [2.24, 2.45) is 0 Å². The number of para-hydroxylation sites is 2. The zero-order valence-electron chi connectivity index (χ0n) is 18.1. The number of nitro benzene ring substituents is 1. The Morgan fingerprint density at radius 3 is 2.56 bits per heavy atom. The van der Waals surface area contributed by atoms with Crippen molar-refractivity contribution in [2.75, 3.05) is 11.2 Å². The van der Waals surface area contributed by atoms with Gasteiger partial charge in [0.25, 0.3) is 5.69 Å². The number of nitrogens with zero attached hydrogens (tertiary/aromatic N) is 4.